The molecule has 17 heavy (non-hydrogen) atoms. The number of carbonyl (C=O) groups is 2. The number of carbonyl (C=O) groups excluding carboxylic acids is 1. The van der Waals surface area contributed by atoms with Gasteiger partial charge in [-0.25, -0.2) is 9.59 Å². The Morgan fingerprint density at radius 1 is 1.65 bits per heavy atom. The largest absolute Gasteiger partial charge is 0.480 e. The Hall–Kier alpha value is -1.08. The van der Waals surface area contributed by atoms with E-state index in [1.165, 1.54) is 25.3 Å². The molecule has 1 unspecified atom stereocenters. The highest BCUT2D eigenvalue weighted by Gasteiger charge is 2.21. The van der Waals surface area contributed by atoms with Crippen LogP contribution in [0.5, 0.6) is 0 Å². The van der Waals surface area contributed by atoms with Crippen LogP contribution in [0, 0.1) is 0 Å². The normalized spacial score (nSPS) is 11.9. The lowest BCUT2D eigenvalue weighted by Gasteiger charge is -2.21. The molecule has 94 valence electrons. The highest BCUT2D eigenvalue weighted by atomic mass is 79.9. The molecule has 0 spiro atoms. The maximum absolute atomic E-state index is 11.6. The van der Waals surface area contributed by atoms with Gasteiger partial charge in [-0.3, -0.25) is 0 Å². The van der Waals surface area contributed by atoms with Crippen LogP contribution in [-0.2, 0) is 11.3 Å². The minimum absolute atomic E-state index is 0.383. The fourth-order valence-corrected chi connectivity index (χ4v) is 2.51. The molecule has 0 aliphatic rings. The van der Waals surface area contributed by atoms with Crippen LogP contribution in [0.3, 0.4) is 0 Å². The van der Waals surface area contributed by atoms with E-state index >= 15 is 0 Å². The molecule has 0 radical (unpaired) electrons. The summed E-state index contributed by atoms with van der Waals surface area (Å²) in [4.78, 5) is 24.5. The fraction of sp³-hybridized carbons (Fsp3) is 0.400. The molecular weight excluding hydrogens is 308 g/mol. The molecular formula is C10H13BrN2O3S. The van der Waals surface area contributed by atoms with Crippen molar-refractivity contribution in [2.24, 2.45) is 0 Å². The number of carboxylic acid groups (broad SMARTS) is 1. The summed E-state index contributed by atoms with van der Waals surface area (Å²) < 4.78 is 0.941. The van der Waals surface area contributed by atoms with Crippen LogP contribution in [0.15, 0.2) is 15.9 Å². The van der Waals surface area contributed by atoms with Gasteiger partial charge in [-0.05, 0) is 34.3 Å². The van der Waals surface area contributed by atoms with E-state index in [1.807, 2.05) is 11.4 Å². The molecule has 0 aromatic carbocycles. The molecule has 7 heteroatoms. The van der Waals surface area contributed by atoms with Gasteiger partial charge in [-0.15, -0.1) is 11.3 Å². The molecule has 1 heterocycles. The Labute approximate surface area is 112 Å². The van der Waals surface area contributed by atoms with Gasteiger partial charge in [-0.2, -0.15) is 0 Å². The van der Waals surface area contributed by atoms with Crippen molar-refractivity contribution in [1.29, 1.82) is 0 Å². The molecule has 1 aromatic rings. The van der Waals surface area contributed by atoms with Gasteiger partial charge in [0.05, 0.1) is 6.54 Å². The smallest absolute Gasteiger partial charge is 0.326 e. The first-order valence-corrected chi connectivity index (χ1v) is 6.56. The number of carboxylic acids is 1. The predicted molar refractivity (Wildman–Crippen MR) is 69.1 cm³/mol. The SMILES string of the molecule is CC(C(=O)O)N(C)C(=O)NCc1sccc1Br. The molecule has 0 aliphatic carbocycles. The quantitative estimate of drug-likeness (QED) is 0.892. The Balaban J connectivity index is 2.50. The molecule has 2 amide bonds. The number of halogens is 1. The van der Waals surface area contributed by atoms with Gasteiger partial charge in [0, 0.05) is 16.4 Å². The van der Waals surface area contributed by atoms with E-state index in [0.717, 1.165) is 14.2 Å². The zero-order valence-electron chi connectivity index (χ0n) is 9.44. The molecule has 0 aliphatic heterocycles. The summed E-state index contributed by atoms with van der Waals surface area (Å²) in [7, 11) is 1.46. The number of nitrogens with one attached hydrogen (secondary N) is 1. The summed E-state index contributed by atoms with van der Waals surface area (Å²) in [5.74, 6) is -1.03. The number of nitrogens with zero attached hydrogens (tertiary/aromatic N) is 1. The van der Waals surface area contributed by atoms with Crippen LogP contribution in [0.1, 0.15) is 11.8 Å². The van der Waals surface area contributed by atoms with Crippen LogP contribution in [0.2, 0.25) is 0 Å². The number of aliphatic carboxylic acids is 1. The lowest BCUT2D eigenvalue weighted by atomic mass is 10.3. The number of thiophene rings is 1. The lowest BCUT2D eigenvalue weighted by Crippen LogP contribution is -2.45. The minimum atomic E-state index is -1.03. The van der Waals surface area contributed by atoms with Crippen molar-refractivity contribution in [2.45, 2.75) is 19.5 Å². The number of amides is 2. The van der Waals surface area contributed by atoms with Crippen molar-refractivity contribution >= 4 is 39.3 Å². The standard InChI is InChI=1S/C10H13BrN2O3S/c1-6(9(14)15)13(2)10(16)12-5-8-7(11)3-4-17-8/h3-4,6H,5H2,1-2H3,(H,12,16)(H,14,15). The van der Waals surface area contributed by atoms with Gasteiger partial charge in [-0.1, -0.05) is 0 Å². The van der Waals surface area contributed by atoms with E-state index in [1.54, 1.807) is 0 Å². The Kier molecular flexibility index (Phi) is 4.95. The van der Waals surface area contributed by atoms with E-state index in [0.29, 0.717) is 6.54 Å². The van der Waals surface area contributed by atoms with Crippen molar-refractivity contribution in [3.05, 3.63) is 20.8 Å². The van der Waals surface area contributed by atoms with Crippen molar-refractivity contribution in [2.75, 3.05) is 7.05 Å². The first kappa shape index (κ1) is 14.0. The second-order valence-corrected chi connectivity index (χ2v) is 5.33. The third-order valence-corrected chi connectivity index (χ3v) is 4.28. The fourth-order valence-electron chi connectivity index (χ4n) is 1.07. The monoisotopic (exact) mass is 320 g/mol. The van der Waals surface area contributed by atoms with Gasteiger partial charge in [0.15, 0.2) is 0 Å². The highest BCUT2D eigenvalue weighted by Crippen LogP contribution is 2.22. The van der Waals surface area contributed by atoms with Crippen LogP contribution in [-0.4, -0.2) is 35.1 Å². The molecule has 0 fully saturated rings. The molecule has 5 nitrogen and oxygen atoms in total. The first-order valence-electron chi connectivity index (χ1n) is 4.88. The summed E-state index contributed by atoms with van der Waals surface area (Å²) in [5.41, 5.74) is 0. The number of hydrogen-bond donors (Lipinski definition) is 2. The van der Waals surface area contributed by atoms with Crippen molar-refractivity contribution < 1.29 is 14.7 Å². The summed E-state index contributed by atoms with van der Waals surface area (Å²) >= 11 is 4.88. The zero-order valence-corrected chi connectivity index (χ0v) is 11.8. The van der Waals surface area contributed by atoms with Gasteiger partial charge >= 0.3 is 12.0 Å². The molecule has 0 saturated heterocycles. The van der Waals surface area contributed by atoms with Gasteiger partial charge in [0.1, 0.15) is 6.04 Å². The van der Waals surface area contributed by atoms with Crippen LogP contribution in [0.25, 0.3) is 0 Å². The maximum atomic E-state index is 11.6. The van der Waals surface area contributed by atoms with E-state index in [9.17, 15) is 9.59 Å². The zero-order chi connectivity index (χ0) is 13.0. The summed E-state index contributed by atoms with van der Waals surface area (Å²) in [5, 5.41) is 13.3. The Morgan fingerprint density at radius 2 is 2.29 bits per heavy atom. The van der Waals surface area contributed by atoms with Crippen molar-refractivity contribution in [3.63, 3.8) is 0 Å². The number of hydrogen-bond acceptors (Lipinski definition) is 3. The summed E-state index contributed by atoms with van der Waals surface area (Å²) in [6, 6.07) is 0.650. The number of urea groups is 1. The summed E-state index contributed by atoms with van der Waals surface area (Å²) in [6.07, 6.45) is 0. The maximum Gasteiger partial charge on any atom is 0.326 e. The molecule has 1 atom stereocenters. The van der Waals surface area contributed by atoms with Crippen molar-refractivity contribution in [1.82, 2.24) is 10.2 Å². The predicted octanol–water partition coefficient (Wildman–Crippen LogP) is 2.13. The molecule has 0 saturated carbocycles. The summed E-state index contributed by atoms with van der Waals surface area (Å²) in [6.45, 7) is 1.84. The van der Waals surface area contributed by atoms with Gasteiger partial charge in [0.25, 0.3) is 0 Å². The van der Waals surface area contributed by atoms with E-state index in [4.69, 9.17) is 5.11 Å². The topological polar surface area (TPSA) is 69.6 Å². The molecule has 1 rings (SSSR count). The Bertz CT molecular complexity index is 421. The third-order valence-electron chi connectivity index (χ3n) is 2.35. The van der Waals surface area contributed by atoms with E-state index in [2.05, 4.69) is 21.2 Å². The number of likely N-dealkylation sites (N-methyl/N-ethyl adjacent to an activating group) is 1. The second kappa shape index (κ2) is 6.02. The van der Waals surface area contributed by atoms with Crippen LogP contribution >= 0.6 is 27.3 Å². The van der Waals surface area contributed by atoms with Crippen LogP contribution in [0.4, 0.5) is 4.79 Å². The van der Waals surface area contributed by atoms with Crippen molar-refractivity contribution in [3.8, 4) is 0 Å². The average Bonchev–Trinajstić information content (AvgIpc) is 2.69. The second-order valence-electron chi connectivity index (χ2n) is 3.48. The highest BCUT2D eigenvalue weighted by molar-refractivity contribution is 9.10. The minimum Gasteiger partial charge on any atom is -0.480 e. The first-order chi connectivity index (χ1) is 7.93. The molecule has 2 N–H and O–H groups in total. The molecule has 1 aromatic heterocycles. The van der Waals surface area contributed by atoms with Gasteiger partial charge < -0.3 is 15.3 Å². The Morgan fingerprint density at radius 3 is 2.76 bits per heavy atom. The lowest BCUT2D eigenvalue weighted by molar-refractivity contribution is -0.141. The average molecular weight is 321 g/mol. The molecule has 0 bridgehead atoms. The number of rotatable bonds is 4. The van der Waals surface area contributed by atoms with Gasteiger partial charge in [0.2, 0.25) is 0 Å². The third kappa shape index (κ3) is 3.71. The van der Waals surface area contributed by atoms with E-state index in [-0.39, 0.29) is 0 Å². The van der Waals surface area contributed by atoms with E-state index < -0.39 is 18.0 Å². The van der Waals surface area contributed by atoms with Crippen LogP contribution < -0.4 is 5.32 Å².